The van der Waals surface area contributed by atoms with Crippen LogP contribution in [0.5, 0.6) is 0 Å². The van der Waals surface area contributed by atoms with Crippen molar-refractivity contribution in [1.82, 2.24) is 9.55 Å². The third kappa shape index (κ3) is 4.01. The maximum atomic E-state index is 11.3. The smallest absolute Gasteiger partial charge is 0.108 e. The van der Waals surface area contributed by atoms with Crippen molar-refractivity contribution in [2.45, 2.75) is 25.0 Å². The highest BCUT2D eigenvalue weighted by atomic mass is 35.5. The molecule has 0 saturated carbocycles. The average Bonchev–Trinajstić information content (AvgIpc) is 3.08. The summed E-state index contributed by atoms with van der Waals surface area (Å²) in [7, 11) is 0. The van der Waals surface area contributed by atoms with Crippen LogP contribution in [0, 0.1) is 0 Å². The molecule has 3 aromatic rings. The highest BCUT2D eigenvalue weighted by molar-refractivity contribution is 6.30. The van der Waals surface area contributed by atoms with Crippen LogP contribution in [0.25, 0.3) is 0 Å². The lowest BCUT2D eigenvalue weighted by Crippen LogP contribution is -2.31. The van der Waals surface area contributed by atoms with Gasteiger partial charge in [0, 0.05) is 17.4 Å². The fourth-order valence-corrected chi connectivity index (χ4v) is 2.87. The molecule has 1 heterocycles. The molecule has 0 radical (unpaired) electrons. The third-order valence-corrected chi connectivity index (χ3v) is 4.31. The molecule has 1 aromatic heterocycles. The quantitative estimate of drug-likeness (QED) is 0.742. The second kappa shape index (κ2) is 6.99. The highest BCUT2D eigenvalue weighted by Crippen LogP contribution is 2.29. The van der Waals surface area contributed by atoms with Gasteiger partial charge in [0.15, 0.2) is 0 Å². The van der Waals surface area contributed by atoms with Crippen molar-refractivity contribution in [1.29, 1.82) is 0 Å². The molecule has 0 aliphatic rings. The Morgan fingerprint density at radius 2 is 1.78 bits per heavy atom. The average molecular weight is 327 g/mol. The predicted molar refractivity (Wildman–Crippen MR) is 92.3 cm³/mol. The summed E-state index contributed by atoms with van der Waals surface area (Å²) >= 11 is 5.93. The monoisotopic (exact) mass is 326 g/mol. The Morgan fingerprint density at radius 1 is 1.04 bits per heavy atom. The van der Waals surface area contributed by atoms with Gasteiger partial charge < -0.3 is 9.67 Å². The van der Waals surface area contributed by atoms with E-state index in [-0.39, 0.29) is 0 Å². The molecule has 0 saturated heterocycles. The number of aliphatic hydroxyl groups is 1. The van der Waals surface area contributed by atoms with Crippen molar-refractivity contribution in [3.05, 3.63) is 89.5 Å². The van der Waals surface area contributed by atoms with Gasteiger partial charge in [-0.05, 0) is 36.1 Å². The van der Waals surface area contributed by atoms with E-state index in [4.69, 9.17) is 11.6 Å². The summed E-state index contributed by atoms with van der Waals surface area (Å²) in [6.45, 7) is 0.477. The molecule has 3 rings (SSSR count). The molecular formula is C19H19ClN2O. The molecule has 4 heteroatoms. The molecule has 3 nitrogen and oxygen atoms in total. The summed E-state index contributed by atoms with van der Waals surface area (Å²) < 4.78 is 1.91. The molecule has 0 aliphatic carbocycles. The first kappa shape index (κ1) is 15.8. The minimum Gasteiger partial charge on any atom is -0.383 e. The van der Waals surface area contributed by atoms with Crippen molar-refractivity contribution in [3.8, 4) is 0 Å². The van der Waals surface area contributed by atoms with Gasteiger partial charge in [-0.2, -0.15) is 0 Å². The van der Waals surface area contributed by atoms with E-state index in [9.17, 15) is 5.11 Å². The van der Waals surface area contributed by atoms with E-state index in [0.717, 1.165) is 22.6 Å². The van der Waals surface area contributed by atoms with Crippen LogP contribution in [-0.2, 0) is 18.6 Å². The van der Waals surface area contributed by atoms with Crippen molar-refractivity contribution in [2.75, 3.05) is 0 Å². The first-order valence-corrected chi connectivity index (χ1v) is 8.02. The predicted octanol–water partition coefficient (Wildman–Crippen LogP) is 4.06. The number of benzene rings is 2. The molecule has 23 heavy (non-hydrogen) atoms. The Kier molecular flexibility index (Phi) is 4.79. The Morgan fingerprint density at radius 3 is 2.43 bits per heavy atom. The van der Waals surface area contributed by atoms with E-state index in [1.165, 1.54) is 0 Å². The number of hydrogen-bond donors (Lipinski definition) is 1. The van der Waals surface area contributed by atoms with Gasteiger partial charge in [-0.3, -0.25) is 0 Å². The van der Waals surface area contributed by atoms with Crippen LogP contribution in [-0.4, -0.2) is 14.7 Å². The van der Waals surface area contributed by atoms with Crippen LogP contribution in [0.1, 0.15) is 17.5 Å². The van der Waals surface area contributed by atoms with Gasteiger partial charge in [-0.25, -0.2) is 4.98 Å². The number of nitrogens with zero attached hydrogens (tertiary/aromatic N) is 2. The molecule has 0 bridgehead atoms. The second-order valence-corrected chi connectivity index (χ2v) is 6.20. The number of imidazole rings is 1. The molecule has 0 aliphatic heterocycles. The maximum Gasteiger partial charge on any atom is 0.108 e. The fraction of sp³-hybridized carbons (Fsp3) is 0.211. The lowest BCUT2D eigenvalue weighted by Gasteiger charge is -2.29. The fourth-order valence-electron chi connectivity index (χ4n) is 2.75. The molecule has 1 atom stereocenters. The minimum absolute atomic E-state index is 0.477. The number of aryl methyl sites for hydroxylation is 1. The Hall–Kier alpha value is -2.10. The molecular weight excluding hydrogens is 308 g/mol. The Labute approximate surface area is 141 Å². The van der Waals surface area contributed by atoms with Gasteiger partial charge >= 0.3 is 0 Å². The van der Waals surface area contributed by atoms with Gasteiger partial charge in [-0.15, -0.1) is 0 Å². The maximum absolute atomic E-state index is 11.3. The zero-order valence-electron chi connectivity index (χ0n) is 12.8. The summed E-state index contributed by atoms with van der Waals surface area (Å²) in [5.41, 5.74) is 1.14. The van der Waals surface area contributed by atoms with Crippen LogP contribution < -0.4 is 0 Å². The van der Waals surface area contributed by atoms with E-state index in [1.54, 1.807) is 12.5 Å². The zero-order valence-corrected chi connectivity index (χ0v) is 13.5. The van der Waals surface area contributed by atoms with Crippen LogP contribution in [0.3, 0.4) is 0 Å². The number of halogens is 1. The van der Waals surface area contributed by atoms with Crippen molar-refractivity contribution in [3.63, 3.8) is 0 Å². The molecule has 0 amide bonds. The summed E-state index contributed by atoms with van der Waals surface area (Å²) in [5.74, 6) is 0. The van der Waals surface area contributed by atoms with E-state index < -0.39 is 5.60 Å². The van der Waals surface area contributed by atoms with Gasteiger partial charge in [0.05, 0.1) is 12.9 Å². The number of rotatable bonds is 6. The van der Waals surface area contributed by atoms with E-state index in [0.29, 0.717) is 13.0 Å². The van der Waals surface area contributed by atoms with Crippen molar-refractivity contribution in [2.24, 2.45) is 0 Å². The Bertz CT molecular complexity index is 726. The summed E-state index contributed by atoms with van der Waals surface area (Å²) in [6, 6.07) is 17.6. The molecule has 1 unspecified atom stereocenters. The topological polar surface area (TPSA) is 38.0 Å². The zero-order chi connectivity index (χ0) is 16.1. The van der Waals surface area contributed by atoms with Crippen LogP contribution in [0.4, 0.5) is 0 Å². The second-order valence-electron chi connectivity index (χ2n) is 5.76. The summed E-state index contributed by atoms with van der Waals surface area (Å²) in [6.07, 6.45) is 6.73. The first-order chi connectivity index (χ1) is 11.2. The molecule has 1 N–H and O–H groups in total. The summed E-state index contributed by atoms with van der Waals surface area (Å²) in [5, 5.41) is 12.0. The van der Waals surface area contributed by atoms with Crippen LogP contribution >= 0.6 is 11.6 Å². The SMILES string of the molecule is OC(CCc1ccc(Cl)cc1)(Cn1ccnc1)c1ccccc1. The van der Waals surface area contributed by atoms with E-state index in [1.807, 2.05) is 65.4 Å². The largest absolute Gasteiger partial charge is 0.383 e. The van der Waals surface area contributed by atoms with E-state index in [2.05, 4.69) is 4.98 Å². The standard InChI is InChI=1S/C19H19ClN2O/c20-18-8-6-16(7-9-18)10-11-19(23,14-22-13-12-21-15-22)17-4-2-1-3-5-17/h1-9,12-13,15,23H,10-11,14H2. The number of aromatic nitrogens is 2. The number of hydrogen-bond acceptors (Lipinski definition) is 2. The van der Waals surface area contributed by atoms with Gasteiger partial charge in [0.2, 0.25) is 0 Å². The first-order valence-electron chi connectivity index (χ1n) is 7.64. The third-order valence-electron chi connectivity index (χ3n) is 4.05. The molecule has 0 fully saturated rings. The lowest BCUT2D eigenvalue weighted by atomic mass is 9.87. The molecule has 2 aromatic carbocycles. The normalized spacial score (nSPS) is 13.7. The lowest BCUT2D eigenvalue weighted by molar-refractivity contribution is 0.00981. The van der Waals surface area contributed by atoms with E-state index >= 15 is 0 Å². The Balaban J connectivity index is 1.81. The van der Waals surface area contributed by atoms with Crippen LogP contribution in [0.15, 0.2) is 73.3 Å². The van der Waals surface area contributed by atoms with Crippen molar-refractivity contribution < 1.29 is 5.11 Å². The molecule has 0 spiro atoms. The van der Waals surface area contributed by atoms with Crippen molar-refractivity contribution >= 4 is 11.6 Å². The van der Waals surface area contributed by atoms with Gasteiger partial charge in [-0.1, -0.05) is 54.1 Å². The van der Waals surface area contributed by atoms with Crippen LogP contribution in [0.2, 0.25) is 5.02 Å². The van der Waals surface area contributed by atoms with Gasteiger partial charge in [0.1, 0.15) is 5.60 Å². The minimum atomic E-state index is -0.943. The highest BCUT2D eigenvalue weighted by Gasteiger charge is 2.29. The van der Waals surface area contributed by atoms with Gasteiger partial charge in [0.25, 0.3) is 0 Å². The molecule has 118 valence electrons. The summed E-state index contributed by atoms with van der Waals surface area (Å²) in [4.78, 5) is 4.07.